The first-order valence-corrected chi connectivity index (χ1v) is 10.2. The number of nitrogen functional groups attached to an aromatic ring is 1. The monoisotopic (exact) mass is 401 g/mol. The zero-order chi connectivity index (χ0) is 20.7. The Kier molecular flexibility index (Phi) is 4.59. The van der Waals surface area contributed by atoms with Crippen LogP contribution in [0.1, 0.15) is 34.6 Å². The summed E-state index contributed by atoms with van der Waals surface area (Å²) in [6, 6.07) is 15.9. The number of nitrogens with two attached hydrogens (primary N) is 1. The number of hydrogen-bond acceptors (Lipinski definition) is 5. The number of aromatic nitrogens is 3. The molecule has 0 unspecified atom stereocenters. The average molecular weight is 401 g/mol. The number of likely N-dealkylation sites (tertiary alicyclic amines) is 1. The van der Waals surface area contributed by atoms with Gasteiger partial charge < -0.3 is 15.4 Å². The molecule has 0 amide bonds. The quantitative estimate of drug-likeness (QED) is 0.531. The highest BCUT2D eigenvalue weighted by atomic mass is 16.4. The average Bonchev–Trinajstić information content (AvgIpc) is 3.37. The minimum atomic E-state index is -1.08. The lowest BCUT2D eigenvalue weighted by Gasteiger charge is -2.15. The molecule has 7 nitrogen and oxygen atoms in total. The van der Waals surface area contributed by atoms with E-state index in [9.17, 15) is 9.90 Å². The van der Waals surface area contributed by atoms with E-state index in [0.717, 1.165) is 36.1 Å². The summed E-state index contributed by atoms with van der Waals surface area (Å²) in [5, 5.41) is 10.6. The number of fused-ring (bicyclic) bond motifs is 3. The number of anilines is 1. The lowest BCUT2D eigenvalue weighted by atomic mass is 10.1. The van der Waals surface area contributed by atoms with E-state index in [4.69, 9.17) is 5.73 Å². The van der Waals surface area contributed by atoms with Crippen molar-refractivity contribution in [2.45, 2.75) is 25.9 Å². The number of carboxylic acids is 1. The lowest BCUT2D eigenvalue weighted by Crippen LogP contribution is -2.18. The molecular weight excluding hydrogens is 378 g/mol. The SMILES string of the molecule is Nc1nc2ccccc2c2c1nc(C(=O)O)n2Cc1cccc(CN2CCCC2)c1. The second kappa shape index (κ2) is 7.42. The van der Waals surface area contributed by atoms with Gasteiger partial charge in [0, 0.05) is 18.5 Å². The van der Waals surface area contributed by atoms with E-state index in [1.165, 1.54) is 18.4 Å². The van der Waals surface area contributed by atoms with Gasteiger partial charge in [0.1, 0.15) is 5.52 Å². The molecule has 0 radical (unpaired) electrons. The van der Waals surface area contributed by atoms with Crippen LogP contribution in [0.5, 0.6) is 0 Å². The van der Waals surface area contributed by atoms with Crippen LogP contribution >= 0.6 is 0 Å². The minimum Gasteiger partial charge on any atom is -0.475 e. The molecule has 3 heterocycles. The first kappa shape index (κ1) is 18.6. The van der Waals surface area contributed by atoms with Crippen LogP contribution in [0.4, 0.5) is 5.82 Å². The Bertz CT molecular complexity index is 1260. The smallest absolute Gasteiger partial charge is 0.372 e. The van der Waals surface area contributed by atoms with Gasteiger partial charge in [0.05, 0.1) is 11.0 Å². The van der Waals surface area contributed by atoms with Crippen molar-refractivity contribution in [2.75, 3.05) is 18.8 Å². The molecule has 1 saturated heterocycles. The normalized spacial score (nSPS) is 14.7. The number of benzene rings is 2. The number of carbonyl (C=O) groups is 1. The number of pyridine rings is 1. The number of hydrogen-bond donors (Lipinski definition) is 2. The van der Waals surface area contributed by atoms with Gasteiger partial charge in [0.15, 0.2) is 5.82 Å². The Morgan fingerprint density at radius 3 is 2.50 bits per heavy atom. The van der Waals surface area contributed by atoms with Gasteiger partial charge in [-0.25, -0.2) is 14.8 Å². The summed E-state index contributed by atoms with van der Waals surface area (Å²) < 4.78 is 1.74. The molecule has 5 rings (SSSR count). The van der Waals surface area contributed by atoms with Gasteiger partial charge in [-0.1, -0.05) is 42.5 Å². The zero-order valence-corrected chi connectivity index (χ0v) is 16.6. The summed E-state index contributed by atoms with van der Waals surface area (Å²) in [6.45, 7) is 3.60. The first-order chi connectivity index (χ1) is 14.6. The molecule has 0 bridgehead atoms. The molecule has 0 aliphatic carbocycles. The third-order valence-corrected chi connectivity index (χ3v) is 5.74. The van der Waals surface area contributed by atoms with Crippen LogP contribution in [-0.2, 0) is 13.1 Å². The standard InChI is InChI=1S/C23H23N5O2/c24-21-19-20(17-8-1-2-9-18(17)25-21)28(22(26-19)23(29)30)14-16-7-5-6-15(12-16)13-27-10-3-4-11-27/h1-2,5-9,12H,3-4,10-11,13-14H2,(H2,24,25)(H,29,30). The highest BCUT2D eigenvalue weighted by Gasteiger charge is 2.21. The summed E-state index contributed by atoms with van der Waals surface area (Å²) >= 11 is 0. The predicted molar refractivity (Wildman–Crippen MR) is 116 cm³/mol. The minimum absolute atomic E-state index is 0.0280. The molecule has 1 aliphatic rings. The topological polar surface area (TPSA) is 97.3 Å². The van der Waals surface area contributed by atoms with Crippen molar-refractivity contribution in [3.8, 4) is 0 Å². The van der Waals surface area contributed by atoms with Crippen molar-refractivity contribution in [3.05, 3.63) is 65.5 Å². The van der Waals surface area contributed by atoms with Crippen molar-refractivity contribution in [3.63, 3.8) is 0 Å². The third kappa shape index (κ3) is 3.27. The summed E-state index contributed by atoms with van der Waals surface area (Å²) in [5.41, 5.74) is 10.3. The van der Waals surface area contributed by atoms with E-state index >= 15 is 0 Å². The van der Waals surface area contributed by atoms with E-state index in [2.05, 4.69) is 27.0 Å². The molecule has 1 fully saturated rings. The highest BCUT2D eigenvalue weighted by Crippen LogP contribution is 2.29. The van der Waals surface area contributed by atoms with Crippen molar-refractivity contribution in [1.29, 1.82) is 0 Å². The van der Waals surface area contributed by atoms with Gasteiger partial charge >= 0.3 is 5.97 Å². The second-order valence-corrected chi connectivity index (χ2v) is 7.84. The number of nitrogens with zero attached hydrogens (tertiary/aromatic N) is 4. The first-order valence-electron chi connectivity index (χ1n) is 10.2. The van der Waals surface area contributed by atoms with E-state index in [0.29, 0.717) is 17.6 Å². The molecule has 1 aliphatic heterocycles. The van der Waals surface area contributed by atoms with Crippen LogP contribution in [0.15, 0.2) is 48.5 Å². The number of imidazole rings is 1. The van der Waals surface area contributed by atoms with Gasteiger partial charge in [-0.15, -0.1) is 0 Å². The number of aromatic carboxylic acids is 1. The van der Waals surface area contributed by atoms with Crippen molar-refractivity contribution < 1.29 is 9.90 Å². The van der Waals surface area contributed by atoms with Crippen LogP contribution in [0.25, 0.3) is 21.9 Å². The molecule has 0 spiro atoms. The molecular formula is C23H23N5O2. The Morgan fingerprint density at radius 1 is 1.00 bits per heavy atom. The predicted octanol–water partition coefficient (Wildman–Crippen LogP) is 3.51. The molecule has 4 aromatic rings. The van der Waals surface area contributed by atoms with E-state index in [1.807, 2.05) is 36.4 Å². The molecule has 2 aromatic heterocycles. The van der Waals surface area contributed by atoms with E-state index < -0.39 is 5.97 Å². The molecule has 0 saturated carbocycles. The fourth-order valence-electron chi connectivity index (χ4n) is 4.38. The van der Waals surface area contributed by atoms with Crippen molar-refractivity contribution in [1.82, 2.24) is 19.4 Å². The van der Waals surface area contributed by atoms with Crippen LogP contribution < -0.4 is 5.73 Å². The molecule has 2 aromatic carbocycles. The summed E-state index contributed by atoms with van der Waals surface area (Å²) in [5.74, 6) is -0.865. The summed E-state index contributed by atoms with van der Waals surface area (Å²) in [7, 11) is 0. The van der Waals surface area contributed by atoms with Crippen LogP contribution in [0.2, 0.25) is 0 Å². The van der Waals surface area contributed by atoms with Gasteiger partial charge in [-0.2, -0.15) is 0 Å². The van der Waals surface area contributed by atoms with Crippen LogP contribution in [-0.4, -0.2) is 43.6 Å². The Hall–Kier alpha value is -3.45. The zero-order valence-electron chi connectivity index (χ0n) is 16.6. The number of carboxylic acid groups (broad SMARTS) is 1. The van der Waals surface area contributed by atoms with Crippen molar-refractivity contribution >= 4 is 33.7 Å². The molecule has 3 N–H and O–H groups in total. The molecule has 7 heteroatoms. The van der Waals surface area contributed by atoms with E-state index in [1.54, 1.807) is 4.57 Å². The maximum absolute atomic E-state index is 12.0. The largest absolute Gasteiger partial charge is 0.475 e. The van der Waals surface area contributed by atoms with Gasteiger partial charge in [0.25, 0.3) is 0 Å². The molecule has 30 heavy (non-hydrogen) atoms. The maximum atomic E-state index is 12.0. The Labute approximate surface area is 173 Å². The lowest BCUT2D eigenvalue weighted by molar-refractivity contribution is 0.0679. The van der Waals surface area contributed by atoms with Gasteiger partial charge in [0.2, 0.25) is 5.82 Å². The fourth-order valence-corrected chi connectivity index (χ4v) is 4.38. The second-order valence-electron chi connectivity index (χ2n) is 7.84. The Morgan fingerprint density at radius 2 is 1.73 bits per heavy atom. The summed E-state index contributed by atoms with van der Waals surface area (Å²) in [6.07, 6.45) is 2.51. The highest BCUT2D eigenvalue weighted by molar-refractivity contribution is 6.08. The van der Waals surface area contributed by atoms with Crippen LogP contribution in [0.3, 0.4) is 0 Å². The number of para-hydroxylation sites is 1. The Balaban J connectivity index is 1.61. The summed E-state index contributed by atoms with van der Waals surface area (Å²) in [4.78, 5) is 23.2. The maximum Gasteiger partial charge on any atom is 0.372 e. The fraction of sp³-hybridized carbons (Fsp3) is 0.261. The van der Waals surface area contributed by atoms with E-state index in [-0.39, 0.29) is 11.6 Å². The number of rotatable bonds is 5. The van der Waals surface area contributed by atoms with Gasteiger partial charge in [-0.3, -0.25) is 4.90 Å². The molecule has 0 atom stereocenters. The van der Waals surface area contributed by atoms with Crippen molar-refractivity contribution in [2.24, 2.45) is 0 Å². The van der Waals surface area contributed by atoms with Crippen LogP contribution in [0, 0.1) is 0 Å². The third-order valence-electron chi connectivity index (χ3n) is 5.74. The van der Waals surface area contributed by atoms with Gasteiger partial charge in [-0.05, 0) is 43.1 Å². The molecule has 152 valence electrons.